The van der Waals surface area contributed by atoms with Crippen molar-refractivity contribution < 1.29 is 0 Å². The van der Waals surface area contributed by atoms with Crippen molar-refractivity contribution >= 4 is 80.1 Å². The summed E-state index contributed by atoms with van der Waals surface area (Å²) in [5.74, 6) is 0. The van der Waals surface area contributed by atoms with Crippen LogP contribution in [0.2, 0.25) is 0 Å². The fourth-order valence-electron chi connectivity index (χ4n) is 8.22. The van der Waals surface area contributed by atoms with E-state index in [2.05, 4.69) is 217 Å². The molecule has 0 unspecified atom stereocenters. The highest BCUT2D eigenvalue weighted by molar-refractivity contribution is 7.26. The first-order chi connectivity index (χ1) is 28.2. The van der Waals surface area contributed by atoms with Crippen LogP contribution >= 0.6 is 22.7 Å². The second kappa shape index (κ2) is 14.1. The lowest BCUT2D eigenvalue weighted by Crippen LogP contribution is -2.09. The van der Waals surface area contributed by atoms with Crippen molar-refractivity contribution in [3.63, 3.8) is 0 Å². The normalized spacial score (nSPS) is 11.5. The molecule has 0 fully saturated rings. The average Bonchev–Trinajstić information content (AvgIpc) is 3.86. The first kappa shape index (κ1) is 33.5. The van der Waals surface area contributed by atoms with E-state index >= 15 is 0 Å². The van der Waals surface area contributed by atoms with Gasteiger partial charge >= 0.3 is 0 Å². The molecule has 268 valence electrons. The summed E-state index contributed by atoms with van der Waals surface area (Å²) in [6.07, 6.45) is 0. The van der Waals surface area contributed by atoms with E-state index in [0.717, 1.165) is 17.1 Å². The van der Waals surface area contributed by atoms with Gasteiger partial charge in [0.15, 0.2) is 0 Å². The summed E-state index contributed by atoms with van der Waals surface area (Å²) >= 11 is 3.77. The van der Waals surface area contributed by atoms with E-state index in [9.17, 15) is 0 Å². The predicted octanol–water partition coefficient (Wildman–Crippen LogP) is 16.6. The van der Waals surface area contributed by atoms with Crippen LogP contribution < -0.4 is 4.90 Å². The van der Waals surface area contributed by atoms with Gasteiger partial charge in [0, 0.05) is 63.0 Å². The summed E-state index contributed by atoms with van der Waals surface area (Å²) in [6, 6.07) is 77.5. The standard InChI is InChI=1S/C54H35NS2/c1-3-11-36(12-4-1)38-19-26-43(27-20-38)55(44-28-21-39(22-29-44)37-13-5-2-6-14-37)45-30-23-40(24-31-45)42-34-48(54-50(35-42)47-16-8-10-18-52(47)57-54)41-25-32-53-49(33-41)46-15-7-9-17-51(46)56-53/h1-35H. The van der Waals surface area contributed by atoms with Crippen molar-refractivity contribution in [2.75, 3.05) is 4.90 Å². The van der Waals surface area contributed by atoms with E-state index in [0.29, 0.717) is 0 Å². The number of nitrogens with zero attached hydrogens (tertiary/aromatic N) is 1. The summed E-state index contributed by atoms with van der Waals surface area (Å²) in [5.41, 5.74) is 13.1. The molecular weight excluding hydrogens is 727 g/mol. The fraction of sp³-hybridized carbons (Fsp3) is 0. The largest absolute Gasteiger partial charge is 0.311 e. The van der Waals surface area contributed by atoms with Crippen molar-refractivity contribution in [3.05, 3.63) is 212 Å². The molecule has 0 N–H and O–H groups in total. The van der Waals surface area contributed by atoms with Gasteiger partial charge in [0.2, 0.25) is 0 Å². The van der Waals surface area contributed by atoms with Crippen molar-refractivity contribution in [3.8, 4) is 44.5 Å². The predicted molar refractivity (Wildman–Crippen MR) is 249 cm³/mol. The van der Waals surface area contributed by atoms with Crippen LogP contribution in [0.25, 0.3) is 84.9 Å². The van der Waals surface area contributed by atoms with Gasteiger partial charge in [0.1, 0.15) is 0 Å². The lowest BCUT2D eigenvalue weighted by molar-refractivity contribution is 1.28. The molecule has 0 amide bonds. The summed E-state index contributed by atoms with van der Waals surface area (Å²) in [6.45, 7) is 0. The molecule has 11 aromatic rings. The third-order valence-electron chi connectivity index (χ3n) is 11.1. The molecule has 0 bridgehead atoms. The molecule has 11 rings (SSSR count). The average molecular weight is 762 g/mol. The second-order valence-electron chi connectivity index (χ2n) is 14.5. The van der Waals surface area contributed by atoms with Gasteiger partial charge in [-0.25, -0.2) is 0 Å². The van der Waals surface area contributed by atoms with Crippen molar-refractivity contribution in [2.24, 2.45) is 0 Å². The third-order valence-corrected chi connectivity index (χ3v) is 13.5. The number of rotatable bonds is 7. The van der Waals surface area contributed by atoms with Crippen LogP contribution in [0, 0.1) is 0 Å². The quantitative estimate of drug-likeness (QED) is 0.156. The molecule has 2 heterocycles. The maximum atomic E-state index is 2.41. The SMILES string of the molecule is c1ccc(-c2ccc(N(c3ccc(-c4ccccc4)cc3)c3ccc(-c4cc(-c5ccc6sc7ccccc7c6c5)c5sc6ccccc6c5c4)cc3)cc2)cc1. The van der Waals surface area contributed by atoms with Gasteiger partial charge in [-0.15, -0.1) is 22.7 Å². The Bertz CT molecular complexity index is 3110. The Balaban J connectivity index is 1.02. The Kier molecular flexibility index (Phi) is 8.28. The Labute approximate surface area is 340 Å². The summed E-state index contributed by atoms with van der Waals surface area (Å²) in [5, 5.41) is 5.27. The zero-order chi connectivity index (χ0) is 37.7. The van der Waals surface area contributed by atoms with E-state index in [1.807, 2.05) is 22.7 Å². The van der Waals surface area contributed by atoms with E-state index in [1.54, 1.807) is 0 Å². The van der Waals surface area contributed by atoms with Gasteiger partial charge in [-0.05, 0) is 112 Å². The highest BCUT2D eigenvalue weighted by Crippen LogP contribution is 2.45. The number of thiophene rings is 2. The number of hydrogen-bond donors (Lipinski definition) is 0. The van der Waals surface area contributed by atoms with Crippen molar-refractivity contribution in [2.45, 2.75) is 0 Å². The molecule has 0 radical (unpaired) electrons. The van der Waals surface area contributed by atoms with Crippen LogP contribution in [0.3, 0.4) is 0 Å². The summed E-state index contributed by atoms with van der Waals surface area (Å²) in [7, 11) is 0. The van der Waals surface area contributed by atoms with Crippen LogP contribution in [0.4, 0.5) is 17.1 Å². The van der Waals surface area contributed by atoms with Gasteiger partial charge in [-0.2, -0.15) is 0 Å². The summed E-state index contributed by atoms with van der Waals surface area (Å²) < 4.78 is 5.31. The topological polar surface area (TPSA) is 3.24 Å². The zero-order valence-corrected chi connectivity index (χ0v) is 32.6. The van der Waals surface area contributed by atoms with Crippen LogP contribution in [0.1, 0.15) is 0 Å². The van der Waals surface area contributed by atoms with Gasteiger partial charge in [-0.1, -0.05) is 140 Å². The van der Waals surface area contributed by atoms with Gasteiger partial charge in [0.05, 0.1) is 0 Å². The lowest BCUT2D eigenvalue weighted by Gasteiger charge is -2.26. The Morgan fingerprint density at radius 3 is 1.23 bits per heavy atom. The summed E-state index contributed by atoms with van der Waals surface area (Å²) in [4.78, 5) is 2.36. The number of anilines is 3. The fourth-order valence-corrected chi connectivity index (χ4v) is 10.5. The van der Waals surface area contributed by atoms with Crippen LogP contribution in [0.15, 0.2) is 212 Å². The monoisotopic (exact) mass is 761 g/mol. The Hall–Kier alpha value is -6.78. The highest BCUT2D eigenvalue weighted by atomic mass is 32.1. The molecule has 2 aromatic heterocycles. The number of benzene rings is 9. The first-order valence-corrected chi connectivity index (χ1v) is 21.0. The van der Waals surface area contributed by atoms with Crippen LogP contribution in [0.5, 0.6) is 0 Å². The molecule has 0 saturated carbocycles. The minimum atomic E-state index is 1.11. The highest BCUT2D eigenvalue weighted by Gasteiger charge is 2.17. The van der Waals surface area contributed by atoms with Crippen LogP contribution in [-0.2, 0) is 0 Å². The van der Waals surface area contributed by atoms with Gasteiger partial charge < -0.3 is 4.90 Å². The van der Waals surface area contributed by atoms with E-state index < -0.39 is 0 Å². The van der Waals surface area contributed by atoms with Crippen molar-refractivity contribution in [1.82, 2.24) is 0 Å². The van der Waals surface area contributed by atoms with Crippen LogP contribution in [-0.4, -0.2) is 0 Å². The van der Waals surface area contributed by atoms with E-state index in [1.165, 1.54) is 84.9 Å². The smallest absolute Gasteiger partial charge is 0.0462 e. The molecule has 9 aromatic carbocycles. The first-order valence-electron chi connectivity index (χ1n) is 19.3. The maximum absolute atomic E-state index is 2.41. The Morgan fingerprint density at radius 2 is 0.667 bits per heavy atom. The molecular formula is C54H35NS2. The third kappa shape index (κ3) is 6.09. The number of hydrogen-bond acceptors (Lipinski definition) is 3. The lowest BCUT2D eigenvalue weighted by atomic mass is 9.95. The van der Waals surface area contributed by atoms with E-state index in [4.69, 9.17) is 0 Å². The zero-order valence-electron chi connectivity index (χ0n) is 31.0. The maximum Gasteiger partial charge on any atom is 0.0462 e. The molecule has 57 heavy (non-hydrogen) atoms. The number of fused-ring (bicyclic) bond motifs is 6. The Morgan fingerprint density at radius 1 is 0.263 bits per heavy atom. The molecule has 3 heteroatoms. The molecule has 0 aliphatic heterocycles. The van der Waals surface area contributed by atoms with E-state index in [-0.39, 0.29) is 0 Å². The molecule has 0 spiro atoms. The molecule has 0 aliphatic rings. The minimum absolute atomic E-state index is 1.11. The molecule has 1 nitrogen and oxygen atoms in total. The second-order valence-corrected chi connectivity index (χ2v) is 16.7. The van der Waals surface area contributed by atoms with Gasteiger partial charge in [-0.3, -0.25) is 0 Å². The molecule has 0 saturated heterocycles. The van der Waals surface area contributed by atoms with Gasteiger partial charge in [0.25, 0.3) is 0 Å². The minimum Gasteiger partial charge on any atom is -0.311 e. The van der Waals surface area contributed by atoms with Crippen molar-refractivity contribution in [1.29, 1.82) is 0 Å². The molecule has 0 atom stereocenters. The molecule has 0 aliphatic carbocycles.